The fourth-order valence-electron chi connectivity index (χ4n) is 2.97. The van der Waals surface area contributed by atoms with Gasteiger partial charge in [0.2, 0.25) is 0 Å². The van der Waals surface area contributed by atoms with Crippen LogP contribution in [0.2, 0.25) is 0 Å². The fourth-order valence-corrected chi connectivity index (χ4v) is 2.97. The Labute approximate surface area is 185 Å². The van der Waals surface area contributed by atoms with Crippen LogP contribution in [0.4, 0.5) is 0 Å². The van der Waals surface area contributed by atoms with E-state index in [1.54, 1.807) is 6.26 Å². The fraction of sp³-hybridized carbons (Fsp3) is 0.760. The van der Waals surface area contributed by atoms with Crippen molar-refractivity contribution < 1.29 is 23.7 Å². The topological polar surface area (TPSA) is 46.2 Å². The van der Waals surface area contributed by atoms with E-state index in [4.69, 9.17) is 18.9 Å². The van der Waals surface area contributed by atoms with E-state index in [2.05, 4.69) is 38.7 Å². The van der Waals surface area contributed by atoms with Crippen LogP contribution in [0, 0.1) is 0 Å². The minimum atomic E-state index is -0.0792. The highest BCUT2D eigenvalue weighted by molar-refractivity contribution is 4.99. The molecule has 30 heavy (non-hydrogen) atoms. The average molecular weight is 427 g/mol. The van der Waals surface area contributed by atoms with Gasteiger partial charge in [0, 0.05) is 19.8 Å². The summed E-state index contributed by atoms with van der Waals surface area (Å²) in [4.78, 5) is 0. The van der Waals surface area contributed by atoms with E-state index in [0.29, 0.717) is 6.61 Å². The first-order valence-electron chi connectivity index (χ1n) is 11.7. The molecule has 0 fully saturated rings. The molecule has 3 atom stereocenters. The highest BCUT2D eigenvalue weighted by Gasteiger charge is 2.34. The highest BCUT2D eigenvalue weighted by Crippen LogP contribution is 2.20. The number of unbranched alkanes of at least 4 members (excludes halogenated alkanes) is 6. The molecule has 5 heteroatoms. The minimum absolute atomic E-state index is 0.0310. The predicted molar refractivity (Wildman–Crippen MR) is 124 cm³/mol. The van der Waals surface area contributed by atoms with Crippen molar-refractivity contribution in [1.82, 2.24) is 0 Å². The van der Waals surface area contributed by atoms with E-state index in [1.807, 2.05) is 6.08 Å². The summed E-state index contributed by atoms with van der Waals surface area (Å²) in [5.74, 6) is 0. The van der Waals surface area contributed by atoms with Crippen LogP contribution in [0.5, 0.6) is 0 Å². The molecule has 0 aromatic carbocycles. The monoisotopic (exact) mass is 426 g/mol. The van der Waals surface area contributed by atoms with Gasteiger partial charge in [0.05, 0.1) is 25.4 Å². The van der Waals surface area contributed by atoms with Gasteiger partial charge in [0.25, 0.3) is 0 Å². The van der Waals surface area contributed by atoms with Crippen molar-refractivity contribution in [3.8, 4) is 0 Å². The molecular formula is C25H46O5. The highest BCUT2D eigenvalue weighted by atomic mass is 16.6. The van der Waals surface area contributed by atoms with Gasteiger partial charge in [-0.1, -0.05) is 72.5 Å². The SMILES string of the molecule is C=COC=C.CCCCCOC[C@H]1OC=C[C@@H](OCCCCC)[C@@H]1OCCCCC. The number of hydrogen-bond donors (Lipinski definition) is 0. The largest absolute Gasteiger partial charge is 0.493 e. The molecule has 1 aliphatic heterocycles. The van der Waals surface area contributed by atoms with E-state index in [1.165, 1.54) is 51.0 Å². The third-order valence-corrected chi connectivity index (χ3v) is 4.70. The molecule has 0 radical (unpaired) electrons. The Morgan fingerprint density at radius 3 is 1.90 bits per heavy atom. The maximum absolute atomic E-state index is 6.16. The molecule has 1 aliphatic rings. The quantitative estimate of drug-likeness (QED) is 0.184. The van der Waals surface area contributed by atoms with Crippen LogP contribution in [0.25, 0.3) is 0 Å². The number of hydrogen-bond acceptors (Lipinski definition) is 5. The average Bonchev–Trinajstić information content (AvgIpc) is 2.76. The molecule has 0 saturated heterocycles. The van der Waals surface area contributed by atoms with Gasteiger partial charge in [-0.2, -0.15) is 0 Å². The Morgan fingerprint density at radius 2 is 1.37 bits per heavy atom. The maximum atomic E-state index is 6.16. The summed E-state index contributed by atoms with van der Waals surface area (Å²) in [6, 6.07) is 0. The molecule has 0 N–H and O–H groups in total. The summed E-state index contributed by atoms with van der Waals surface area (Å²) in [6.07, 6.45) is 16.7. The van der Waals surface area contributed by atoms with Crippen LogP contribution in [0.1, 0.15) is 78.6 Å². The first kappa shape index (κ1) is 28.7. The lowest BCUT2D eigenvalue weighted by atomic mass is 10.1. The van der Waals surface area contributed by atoms with Crippen LogP contribution in [-0.4, -0.2) is 44.7 Å². The Bertz CT molecular complexity index is 404. The van der Waals surface area contributed by atoms with Crippen LogP contribution < -0.4 is 0 Å². The normalized spacial score (nSPS) is 20.0. The van der Waals surface area contributed by atoms with Gasteiger partial charge in [-0.15, -0.1) is 0 Å². The van der Waals surface area contributed by atoms with Crippen molar-refractivity contribution in [2.24, 2.45) is 0 Å². The van der Waals surface area contributed by atoms with Gasteiger partial charge in [-0.05, 0) is 25.3 Å². The van der Waals surface area contributed by atoms with Crippen LogP contribution in [0.3, 0.4) is 0 Å². The number of rotatable bonds is 18. The standard InChI is InChI=1S/C21H40O4.C4H6O/c1-4-7-10-14-22-18-20-21(25-16-12-9-6-3)19(13-17-24-20)23-15-11-8-5-2;1-3-5-4-2/h13,17,19-21H,4-12,14-16,18H2,1-3H3;3-4H,1-2H2/t19-,20-,21+;/m1./s1. The van der Waals surface area contributed by atoms with Gasteiger partial charge in [-0.25, -0.2) is 0 Å². The Morgan fingerprint density at radius 1 is 0.800 bits per heavy atom. The molecule has 0 bridgehead atoms. The summed E-state index contributed by atoms with van der Waals surface area (Å²) < 4.78 is 28.2. The third kappa shape index (κ3) is 15.5. The molecule has 1 rings (SSSR count). The summed E-state index contributed by atoms with van der Waals surface area (Å²) in [5.41, 5.74) is 0. The van der Waals surface area contributed by atoms with E-state index in [0.717, 1.165) is 39.1 Å². The van der Waals surface area contributed by atoms with Crippen molar-refractivity contribution in [1.29, 1.82) is 0 Å². The van der Waals surface area contributed by atoms with E-state index in [9.17, 15) is 0 Å². The lowest BCUT2D eigenvalue weighted by molar-refractivity contribution is -0.139. The molecule has 0 saturated carbocycles. The minimum Gasteiger partial charge on any atom is -0.493 e. The second kappa shape index (κ2) is 22.4. The smallest absolute Gasteiger partial charge is 0.150 e. The molecule has 5 nitrogen and oxygen atoms in total. The lowest BCUT2D eigenvalue weighted by Crippen LogP contribution is -2.46. The van der Waals surface area contributed by atoms with Crippen LogP contribution in [-0.2, 0) is 23.7 Å². The Balaban J connectivity index is 0.00000150. The lowest BCUT2D eigenvalue weighted by Gasteiger charge is -2.34. The summed E-state index contributed by atoms with van der Waals surface area (Å²) >= 11 is 0. The summed E-state index contributed by atoms with van der Waals surface area (Å²) in [5, 5.41) is 0. The molecule has 1 heterocycles. The van der Waals surface area contributed by atoms with Crippen LogP contribution in [0.15, 0.2) is 38.0 Å². The van der Waals surface area contributed by atoms with Gasteiger partial charge in [0.15, 0.2) is 0 Å². The van der Waals surface area contributed by atoms with Crippen molar-refractivity contribution >= 4 is 0 Å². The zero-order chi connectivity index (χ0) is 22.3. The van der Waals surface area contributed by atoms with E-state index < -0.39 is 0 Å². The van der Waals surface area contributed by atoms with Crippen molar-refractivity contribution in [2.75, 3.05) is 26.4 Å². The second-order valence-corrected chi connectivity index (χ2v) is 7.34. The van der Waals surface area contributed by atoms with Crippen molar-refractivity contribution in [3.05, 3.63) is 38.0 Å². The molecule has 0 unspecified atom stereocenters. The number of ether oxygens (including phenoxy) is 5. The molecule has 0 aromatic heterocycles. The van der Waals surface area contributed by atoms with Gasteiger partial charge in [-0.3, -0.25) is 0 Å². The third-order valence-electron chi connectivity index (χ3n) is 4.70. The van der Waals surface area contributed by atoms with Crippen molar-refractivity contribution in [2.45, 2.75) is 96.9 Å². The molecule has 0 spiro atoms. The zero-order valence-corrected chi connectivity index (χ0v) is 19.7. The Kier molecular flexibility index (Phi) is 21.4. The maximum Gasteiger partial charge on any atom is 0.150 e. The first-order chi connectivity index (χ1) is 14.7. The van der Waals surface area contributed by atoms with E-state index in [-0.39, 0.29) is 18.3 Å². The summed E-state index contributed by atoms with van der Waals surface area (Å²) in [7, 11) is 0. The molecule has 0 aliphatic carbocycles. The zero-order valence-electron chi connectivity index (χ0n) is 19.7. The predicted octanol–water partition coefficient (Wildman–Crippen LogP) is 6.55. The van der Waals surface area contributed by atoms with Gasteiger partial charge < -0.3 is 23.7 Å². The van der Waals surface area contributed by atoms with Crippen LogP contribution >= 0.6 is 0 Å². The molecular weight excluding hydrogens is 380 g/mol. The van der Waals surface area contributed by atoms with Gasteiger partial charge >= 0.3 is 0 Å². The molecule has 176 valence electrons. The first-order valence-corrected chi connectivity index (χ1v) is 11.7. The molecule has 0 aromatic rings. The second-order valence-electron chi connectivity index (χ2n) is 7.34. The van der Waals surface area contributed by atoms with Gasteiger partial charge in [0.1, 0.15) is 18.3 Å². The molecule has 0 amide bonds. The summed E-state index contributed by atoms with van der Waals surface area (Å²) in [6.45, 7) is 16.0. The van der Waals surface area contributed by atoms with E-state index >= 15 is 0 Å². The van der Waals surface area contributed by atoms with Crippen molar-refractivity contribution in [3.63, 3.8) is 0 Å². The Hall–Kier alpha value is -1.30.